The van der Waals surface area contributed by atoms with E-state index in [0.717, 1.165) is 98.4 Å². The molecule has 0 saturated carbocycles. The molecule has 12 nitrogen and oxygen atoms in total. The van der Waals surface area contributed by atoms with Crippen LogP contribution in [-0.2, 0) is 92.0 Å². The van der Waals surface area contributed by atoms with Crippen LogP contribution >= 0.6 is 80.7 Å². The first-order valence-corrected chi connectivity index (χ1v) is 49.1. The molecule has 140 heavy (non-hydrogen) atoms. The van der Waals surface area contributed by atoms with Crippen molar-refractivity contribution < 1.29 is 127 Å². The summed E-state index contributed by atoms with van der Waals surface area (Å²) >= 11 is 19.1. The Morgan fingerprint density at radius 2 is 0.293 bits per heavy atom. The summed E-state index contributed by atoms with van der Waals surface area (Å²) in [6, 6.07) is 130. The summed E-state index contributed by atoms with van der Waals surface area (Å²) in [5.74, 6) is 0. The molecule has 0 amide bonds. The van der Waals surface area contributed by atoms with Gasteiger partial charge in [-0.2, -0.15) is 0 Å². The van der Waals surface area contributed by atoms with Crippen LogP contribution in [0.1, 0.15) is 51.4 Å². The Balaban J connectivity index is 0.000000759. The maximum absolute atomic E-state index is 9.75. The Morgan fingerprint density at radius 1 is 0.200 bits per heavy atom. The van der Waals surface area contributed by atoms with Gasteiger partial charge in [-0.15, -0.1) is 46.4 Å². The summed E-state index contributed by atoms with van der Waals surface area (Å²) in [6.45, 7) is 8.00. The van der Waals surface area contributed by atoms with Gasteiger partial charge >= 0.3 is 87.6 Å². The number of pyridine rings is 8. The summed E-state index contributed by atoms with van der Waals surface area (Å²) in [7, 11) is -6.87. The van der Waals surface area contributed by atoms with Gasteiger partial charge in [0, 0.05) is 102 Å². The van der Waals surface area contributed by atoms with Crippen molar-refractivity contribution in [3.63, 3.8) is 0 Å². The molecule has 744 valence electrons. The number of ether oxygens (including phenoxy) is 4. The van der Waals surface area contributed by atoms with Crippen molar-refractivity contribution in [1.82, 2.24) is 39.9 Å². The largest absolute Gasteiger partial charge is 2.00 e. The van der Waals surface area contributed by atoms with Crippen LogP contribution in [0, 0.1) is 0 Å². The Kier molecular flexibility index (Phi) is 81.7. The molecule has 16 aromatic rings. The Labute approximate surface area is 894 Å². The fourth-order valence-corrected chi connectivity index (χ4v) is 14.5. The summed E-state index contributed by atoms with van der Waals surface area (Å²) in [5.41, 5.74) is 7.32. The first-order chi connectivity index (χ1) is 66.5. The van der Waals surface area contributed by atoms with E-state index in [1.807, 2.05) is 194 Å². The van der Waals surface area contributed by atoms with Gasteiger partial charge in [0.2, 0.25) is 0 Å². The summed E-state index contributed by atoms with van der Waals surface area (Å²) in [6.07, 6.45) is 24.4. The molecule has 4 aliphatic heterocycles. The van der Waals surface area contributed by atoms with Crippen molar-refractivity contribution >= 4 is 138 Å². The fourth-order valence-electron chi connectivity index (χ4n) is 10.8. The SMILES string of the molecule is C1CCOC1.C1CCOC1.C1CCOC1.C1CCOC1.ClCCl.ClCCl.F[B-](F)(F)F.F[B-](F)(F)F.[Cu+2].[Cu+].[Ru+2].[Ru+].c1ccc(-c2ccccn2)nc1.c1ccc(-c2ccccn2)nc1.c1ccc(-c2ccccn2)nc1.c1ccc(-c2ccccn2)nc1.c1ccc([P-]c2ccccc2)cc1.c1ccc([P-]c2ccccc2)cc1.c1ccc([P-]c2ccccc2)cc1.c1ccc([P-]c2ccccc2)cc1. The smallest absolute Gasteiger partial charge is 0.472 e. The molecule has 12 heterocycles. The van der Waals surface area contributed by atoms with Crippen LogP contribution in [0.2, 0.25) is 0 Å². The number of nitrogens with zero attached hydrogens (tertiary/aromatic N) is 8. The number of halogens is 12. The number of alkyl halides is 4. The van der Waals surface area contributed by atoms with Crippen LogP contribution in [0.4, 0.5) is 34.5 Å². The average molecular weight is 2330 g/mol. The van der Waals surface area contributed by atoms with E-state index in [0.29, 0.717) is 0 Å². The topological polar surface area (TPSA) is 140 Å². The first kappa shape index (κ1) is 130. The summed E-state index contributed by atoms with van der Waals surface area (Å²) in [4.78, 5) is 33.5. The zero-order chi connectivity index (χ0) is 97.2. The number of benzene rings is 8. The molecule has 20 rings (SSSR count). The summed E-state index contributed by atoms with van der Waals surface area (Å²) < 4.78 is 97.8. The van der Waals surface area contributed by atoms with Gasteiger partial charge < -0.3 is 87.8 Å². The molecule has 0 unspecified atom stereocenters. The molecular formula is C106H108B2Cl4Cu2F8N8O4P4Ru2. The van der Waals surface area contributed by atoms with E-state index in [-0.39, 0.29) is 83.8 Å². The van der Waals surface area contributed by atoms with Gasteiger partial charge in [-0.05, 0) is 148 Å². The van der Waals surface area contributed by atoms with Gasteiger partial charge in [0.15, 0.2) is 0 Å². The number of hydrogen-bond donors (Lipinski definition) is 0. The minimum Gasteiger partial charge on any atom is -0.472 e. The normalized spacial score (nSPS) is 11.5. The minimum absolute atomic E-state index is 0. The average Bonchev–Trinajstić information content (AvgIpc) is 1.03. The van der Waals surface area contributed by atoms with E-state index < -0.39 is 14.5 Å². The van der Waals surface area contributed by atoms with E-state index in [9.17, 15) is 34.5 Å². The molecule has 34 heteroatoms. The minimum atomic E-state index is -6.00. The van der Waals surface area contributed by atoms with Gasteiger partial charge in [0.05, 0.1) is 56.2 Å². The van der Waals surface area contributed by atoms with Crippen LogP contribution < -0.4 is 42.4 Å². The van der Waals surface area contributed by atoms with Crippen LogP contribution in [0.5, 0.6) is 0 Å². The van der Waals surface area contributed by atoms with Gasteiger partial charge in [0.1, 0.15) is 0 Å². The number of hydrogen-bond acceptors (Lipinski definition) is 12. The predicted molar refractivity (Wildman–Crippen MR) is 560 cm³/mol. The maximum atomic E-state index is 9.75. The molecule has 4 fully saturated rings. The molecule has 0 spiro atoms. The van der Waals surface area contributed by atoms with Crippen molar-refractivity contribution in [3.05, 3.63) is 438 Å². The quantitative estimate of drug-likeness (QED) is 0.0498. The monoisotopic (exact) mass is 2320 g/mol. The Morgan fingerprint density at radius 3 is 0.364 bits per heavy atom. The predicted octanol–water partition coefficient (Wildman–Crippen LogP) is 27.5. The van der Waals surface area contributed by atoms with Crippen molar-refractivity contribution in [2.24, 2.45) is 0 Å². The molecular weight excluding hydrogens is 2220 g/mol. The van der Waals surface area contributed by atoms with E-state index >= 15 is 0 Å². The third kappa shape index (κ3) is 72.7. The standard InChI is InChI=1S/4C12H10P.4C10H8N2.4C4H8O.2CH2Cl2.2BF4.2Cu.2Ru/c4*1-3-7-11(8-4-1)13-12-9-5-2-6-10-12;4*1-3-7-11-9(5-1)10-6-2-4-8-12-10;4*1-2-4-5-3-1;2*2-1-3;2*2-1(3,4)5;;;;/h4*1-10H;4*1-8H;4*1-4H2;2*1H2;;;;;;/q4*-1;;;;;;;;;;;2*-1;+1;+2;+1;+2. The second kappa shape index (κ2) is 88.3. The first-order valence-electron chi connectivity index (χ1n) is 43.4. The van der Waals surface area contributed by atoms with Crippen molar-refractivity contribution in [2.75, 3.05) is 63.5 Å². The maximum Gasteiger partial charge on any atom is 2.00 e. The third-order valence-corrected chi connectivity index (χ3v) is 21.2. The van der Waals surface area contributed by atoms with Crippen molar-refractivity contribution in [1.29, 1.82) is 0 Å². The van der Waals surface area contributed by atoms with E-state index in [1.165, 1.54) is 128 Å². The van der Waals surface area contributed by atoms with Gasteiger partial charge in [-0.3, -0.25) is 39.9 Å². The van der Waals surface area contributed by atoms with Crippen molar-refractivity contribution in [3.8, 4) is 45.6 Å². The molecule has 0 bridgehead atoms. The van der Waals surface area contributed by atoms with E-state index in [4.69, 9.17) is 65.4 Å². The van der Waals surface area contributed by atoms with Crippen LogP contribution in [0.15, 0.2) is 438 Å². The van der Waals surface area contributed by atoms with E-state index in [2.05, 4.69) is 234 Å². The molecule has 0 N–H and O–H groups in total. The molecule has 2 radical (unpaired) electrons. The molecule has 8 aromatic carbocycles. The van der Waals surface area contributed by atoms with Crippen LogP contribution in [0.3, 0.4) is 0 Å². The van der Waals surface area contributed by atoms with Crippen LogP contribution in [-0.4, -0.2) is 118 Å². The van der Waals surface area contributed by atoms with Crippen molar-refractivity contribution in [2.45, 2.75) is 51.4 Å². The second-order valence-electron chi connectivity index (χ2n) is 27.3. The molecule has 4 saturated heterocycles. The third-order valence-electron chi connectivity index (χ3n) is 16.8. The molecule has 0 aliphatic carbocycles. The van der Waals surface area contributed by atoms with Gasteiger partial charge in [0.25, 0.3) is 0 Å². The zero-order valence-electron chi connectivity index (χ0n) is 76.3. The van der Waals surface area contributed by atoms with E-state index in [1.54, 1.807) is 49.6 Å². The second-order valence-corrected chi connectivity index (χ2v) is 34.0. The zero-order valence-corrected chi connectivity index (χ0v) is 88.3. The summed E-state index contributed by atoms with van der Waals surface area (Å²) in [5, 5.41) is 11.1. The van der Waals surface area contributed by atoms with Crippen LogP contribution in [0.25, 0.3) is 45.6 Å². The molecule has 0 atom stereocenters. The number of aromatic nitrogens is 8. The molecule has 4 aliphatic rings. The van der Waals surface area contributed by atoms with Gasteiger partial charge in [-0.25, -0.2) is 42.4 Å². The Bertz CT molecular complexity index is 4390. The Hall–Kier alpha value is -8.46. The fraction of sp³-hybridized carbons (Fsp3) is 0.170. The van der Waals surface area contributed by atoms with Gasteiger partial charge in [-0.1, -0.05) is 291 Å². The molecule has 8 aromatic heterocycles. The number of rotatable bonds is 12.